The fraction of sp³-hybridized carbons (Fsp3) is 0.385. The largest absolute Gasteiger partial charge is 0.497 e. The Bertz CT molecular complexity index is 458. The van der Waals surface area contributed by atoms with E-state index in [0.717, 1.165) is 23.6 Å². The summed E-state index contributed by atoms with van der Waals surface area (Å²) in [6, 6.07) is 7.30. The van der Waals surface area contributed by atoms with Crippen molar-refractivity contribution in [2.45, 2.75) is 5.37 Å². The minimum Gasteiger partial charge on any atom is -0.497 e. The van der Waals surface area contributed by atoms with Gasteiger partial charge in [0, 0.05) is 17.9 Å². The van der Waals surface area contributed by atoms with E-state index >= 15 is 0 Å². The third-order valence-electron chi connectivity index (χ3n) is 3.02. The number of hydrogen-bond donors (Lipinski definition) is 2. The predicted molar refractivity (Wildman–Crippen MR) is 76.4 cm³/mol. The maximum Gasteiger partial charge on any atom is 0.118 e. The van der Waals surface area contributed by atoms with E-state index in [2.05, 4.69) is 4.90 Å². The van der Waals surface area contributed by atoms with Crippen molar-refractivity contribution in [3.63, 3.8) is 0 Å². The van der Waals surface area contributed by atoms with Crippen LogP contribution in [-0.4, -0.2) is 48.2 Å². The molecule has 2 rings (SSSR count). The van der Waals surface area contributed by atoms with Crippen LogP contribution in [0.3, 0.4) is 0 Å². The number of thioether (sulfide) groups is 1. The summed E-state index contributed by atoms with van der Waals surface area (Å²) >= 11 is 1.73. The van der Waals surface area contributed by atoms with Gasteiger partial charge in [-0.2, -0.15) is 0 Å². The van der Waals surface area contributed by atoms with E-state index in [0.29, 0.717) is 11.4 Å². The van der Waals surface area contributed by atoms with Crippen molar-refractivity contribution in [2.75, 3.05) is 26.5 Å². The molecular formula is C13H17N3OS. The molecule has 18 heavy (non-hydrogen) atoms. The normalized spacial score (nSPS) is 19.8. The molecule has 96 valence electrons. The first-order chi connectivity index (χ1) is 8.63. The first-order valence-corrected chi connectivity index (χ1v) is 6.82. The molecule has 1 aromatic rings. The molecule has 0 aliphatic carbocycles. The molecule has 4 nitrogen and oxygen atoms in total. The molecule has 0 saturated carbocycles. The van der Waals surface area contributed by atoms with Crippen molar-refractivity contribution in [3.05, 3.63) is 29.8 Å². The molecule has 2 N–H and O–H groups in total. The first-order valence-electron chi connectivity index (χ1n) is 5.77. The Balaban J connectivity index is 2.12. The van der Waals surface area contributed by atoms with Crippen molar-refractivity contribution in [3.8, 4) is 5.75 Å². The van der Waals surface area contributed by atoms with Gasteiger partial charge in [0.15, 0.2) is 0 Å². The first kappa shape index (κ1) is 13.1. The zero-order chi connectivity index (χ0) is 13.1. The van der Waals surface area contributed by atoms with E-state index in [1.165, 1.54) is 0 Å². The second-order valence-electron chi connectivity index (χ2n) is 4.22. The van der Waals surface area contributed by atoms with E-state index in [-0.39, 0.29) is 5.37 Å². The van der Waals surface area contributed by atoms with Gasteiger partial charge in [0.2, 0.25) is 0 Å². The molecule has 0 aromatic heterocycles. The van der Waals surface area contributed by atoms with E-state index in [4.69, 9.17) is 15.6 Å². The van der Waals surface area contributed by atoms with Crippen LogP contribution in [0, 0.1) is 10.8 Å². The molecule has 1 heterocycles. The van der Waals surface area contributed by atoms with Gasteiger partial charge < -0.3 is 10.1 Å². The third kappa shape index (κ3) is 2.57. The highest BCUT2D eigenvalue weighted by atomic mass is 32.2. The molecule has 1 aromatic carbocycles. The highest BCUT2D eigenvalue weighted by molar-refractivity contribution is 8.00. The minimum absolute atomic E-state index is 0.0135. The lowest BCUT2D eigenvalue weighted by atomic mass is 10.1. The molecule has 1 unspecified atom stereocenters. The smallest absolute Gasteiger partial charge is 0.118 e. The number of nitrogens with zero attached hydrogens (tertiary/aromatic N) is 1. The van der Waals surface area contributed by atoms with E-state index in [1.807, 2.05) is 31.3 Å². The quantitative estimate of drug-likeness (QED) is 0.818. The standard InChI is InChI=1S/C13H17N3OS/c1-16-7-8-18-13(16)12(15)11(14)9-3-5-10(17-2)6-4-9/h3-6,13-15H,7-8H2,1-2H3. The number of benzene rings is 1. The molecule has 0 spiro atoms. The molecule has 0 bridgehead atoms. The maximum atomic E-state index is 8.14. The van der Waals surface area contributed by atoms with Crippen LogP contribution in [0.1, 0.15) is 5.56 Å². The van der Waals surface area contributed by atoms with Gasteiger partial charge in [-0.15, -0.1) is 11.8 Å². The Morgan fingerprint density at radius 2 is 2.00 bits per heavy atom. The average molecular weight is 263 g/mol. The van der Waals surface area contributed by atoms with E-state index < -0.39 is 0 Å². The van der Waals surface area contributed by atoms with E-state index in [9.17, 15) is 0 Å². The van der Waals surface area contributed by atoms with Crippen LogP contribution in [0.25, 0.3) is 0 Å². The Morgan fingerprint density at radius 1 is 1.33 bits per heavy atom. The number of rotatable bonds is 4. The number of nitrogens with one attached hydrogen (secondary N) is 2. The second-order valence-corrected chi connectivity index (χ2v) is 5.41. The predicted octanol–water partition coefficient (Wildman–Crippen LogP) is 2.09. The molecule has 1 aliphatic rings. The second kappa shape index (κ2) is 5.54. The lowest BCUT2D eigenvalue weighted by Gasteiger charge is -2.19. The third-order valence-corrected chi connectivity index (χ3v) is 4.34. The number of methoxy groups -OCH3 is 1. The number of ether oxygens (including phenoxy) is 1. The molecule has 1 atom stereocenters. The molecule has 1 aliphatic heterocycles. The molecule has 1 saturated heterocycles. The van der Waals surface area contributed by atoms with Crippen LogP contribution >= 0.6 is 11.8 Å². The molecule has 5 heteroatoms. The van der Waals surface area contributed by atoms with Gasteiger partial charge in [-0.3, -0.25) is 10.3 Å². The van der Waals surface area contributed by atoms with Gasteiger partial charge in [-0.05, 0) is 31.3 Å². The van der Waals surface area contributed by atoms with Crippen molar-refractivity contribution < 1.29 is 4.74 Å². The highest BCUT2D eigenvalue weighted by Crippen LogP contribution is 2.24. The lowest BCUT2D eigenvalue weighted by Crippen LogP contribution is -2.35. The van der Waals surface area contributed by atoms with Crippen molar-refractivity contribution >= 4 is 23.2 Å². The summed E-state index contributed by atoms with van der Waals surface area (Å²) in [4.78, 5) is 2.12. The summed E-state index contributed by atoms with van der Waals surface area (Å²) in [6.07, 6.45) is 0. The Kier molecular flexibility index (Phi) is 4.04. The summed E-state index contributed by atoms with van der Waals surface area (Å²) in [6.45, 7) is 0.980. The number of hydrogen-bond acceptors (Lipinski definition) is 5. The van der Waals surface area contributed by atoms with Gasteiger partial charge in [0.05, 0.1) is 23.9 Å². The Morgan fingerprint density at radius 3 is 2.50 bits per heavy atom. The van der Waals surface area contributed by atoms with Gasteiger partial charge in [0.1, 0.15) is 5.75 Å². The molecule has 0 amide bonds. The SMILES string of the molecule is COc1ccc(C(=N)C(=N)C2SCCN2C)cc1. The lowest BCUT2D eigenvalue weighted by molar-refractivity contribution is 0.403. The van der Waals surface area contributed by atoms with E-state index in [1.54, 1.807) is 18.9 Å². The maximum absolute atomic E-state index is 8.14. The summed E-state index contributed by atoms with van der Waals surface area (Å²) in [7, 11) is 3.62. The molecule has 1 fully saturated rings. The zero-order valence-electron chi connectivity index (χ0n) is 10.6. The average Bonchev–Trinajstić information content (AvgIpc) is 2.83. The van der Waals surface area contributed by atoms with Gasteiger partial charge >= 0.3 is 0 Å². The van der Waals surface area contributed by atoms with Crippen LogP contribution in [0.4, 0.5) is 0 Å². The molecule has 0 radical (unpaired) electrons. The summed E-state index contributed by atoms with van der Waals surface area (Å²) in [5.41, 5.74) is 1.44. The Labute approximate surface area is 111 Å². The monoisotopic (exact) mass is 263 g/mol. The Hall–Kier alpha value is -1.33. The van der Waals surface area contributed by atoms with Crippen LogP contribution in [0.5, 0.6) is 5.75 Å². The summed E-state index contributed by atoms with van der Waals surface area (Å²) < 4.78 is 5.09. The van der Waals surface area contributed by atoms with Crippen molar-refractivity contribution in [2.24, 2.45) is 0 Å². The van der Waals surface area contributed by atoms with Crippen LogP contribution in [-0.2, 0) is 0 Å². The summed E-state index contributed by atoms with van der Waals surface area (Å²) in [5.74, 6) is 1.80. The topological polar surface area (TPSA) is 60.2 Å². The molecular weight excluding hydrogens is 246 g/mol. The van der Waals surface area contributed by atoms with Gasteiger partial charge in [-0.1, -0.05) is 0 Å². The van der Waals surface area contributed by atoms with Crippen molar-refractivity contribution in [1.82, 2.24) is 4.90 Å². The zero-order valence-corrected chi connectivity index (χ0v) is 11.4. The van der Waals surface area contributed by atoms with Crippen molar-refractivity contribution in [1.29, 1.82) is 10.8 Å². The van der Waals surface area contributed by atoms with Gasteiger partial charge in [0.25, 0.3) is 0 Å². The fourth-order valence-corrected chi connectivity index (χ4v) is 3.15. The van der Waals surface area contributed by atoms with Crippen LogP contribution in [0.2, 0.25) is 0 Å². The van der Waals surface area contributed by atoms with Crippen LogP contribution < -0.4 is 4.74 Å². The highest BCUT2D eigenvalue weighted by Gasteiger charge is 2.28. The summed E-state index contributed by atoms with van der Waals surface area (Å²) in [5, 5.41) is 16.3. The van der Waals surface area contributed by atoms with Gasteiger partial charge in [-0.25, -0.2) is 0 Å². The van der Waals surface area contributed by atoms with Crippen LogP contribution in [0.15, 0.2) is 24.3 Å². The minimum atomic E-state index is 0.0135. The fourth-order valence-electron chi connectivity index (χ4n) is 1.89.